The third-order valence-corrected chi connectivity index (χ3v) is 5.37. The van der Waals surface area contributed by atoms with E-state index >= 15 is 0 Å². The van der Waals surface area contributed by atoms with Crippen molar-refractivity contribution < 1.29 is 14.2 Å². The quantitative estimate of drug-likeness (QED) is 0.447. The molecule has 0 unspecified atom stereocenters. The van der Waals surface area contributed by atoms with Crippen molar-refractivity contribution in [1.82, 2.24) is 5.32 Å². The van der Waals surface area contributed by atoms with Gasteiger partial charge < -0.3 is 19.5 Å². The predicted octanol–water partition coefficient (Wildman–Crippen LogP) is 5.44. The number of halogens is 1. The number of hydrogen-bond acceptors (Lipinski definition) is 4. The number of rotatable bonds is 9. The molecular weight excluding hydrogens is 418 g/mol. The zero-order chi connectivity index (χ0) is 21.3. The fourth-order valence-electron chi connectivity index (χ4n) is 2.91. The SMILES string of the molecule is COc1ccc(CCNC(=S)c2ccc(OCc3ccccc3Cl)c(OC)c2)cc1. The van der Waals surface area contributed by atoms with Crippen LogP contribution in [0.5, 0.6) is 17.2 Å². The van der Waals surface area contributed by atoms with E-state index in [9.17, 15) is 0 Å². The fourth-order valence-corrected chi connectivity index (χ4v) is 3.33. The van der Waals surface area contributed by atoms with Gasteiger partial charge in [-0.15, -0.1) is 0 Å². The Labute approximate surface area is 187 Å². The predicted molar refractivity (Wildman–Crippen MR) is 125 cm³/mol. The monoisotopic (exact) mass is 441 g/mol. The van der Waals surface area contributed by atoms with Crippen LogP contribution in [0.3, 0.4) is 0 Å². The molecule has 0 spiro atoms. The Morgan fingerprint density at radius 3 is 2.40 bits per heavy atom. The Bertz CT molecular complexity index is 992. The van der Waals surface area contributed by atoms with Gasteiger partial charge >= 0.3 is 0 Å². The van der Waals surface area contributed by atoms with Crippen molar-refractivity contribution in [3.8, 4) is 17.2 Å². The van der Waals surface area contributed by atoms with Gasteiger partial charge in [-0.1, -0.05) is 54.2 Å². The van der Waals surface area contributed by atoms with Crippen molar-refractivity contribution in [3.05, 3.63) is 88.4 Å². The van der Waals surface area contributed by atoms with Crippen molar-refractivity contribution in [2.45, 2.75) is 13.0 Å². The van der Waals surface area contributed by atoms with Gasteiger partial charge in [-0.25, -0.2) is 0 Å². The topological polar surface area (TPSA) is 39.7 Å². The molecule has 0 aliphatic carbocycles. The van der Waals surface area contributed by atoms with Gasteiger partial charge in [-0.3, -0.25) is 0 Å². The summed E-state index contributed by atoms with van der Waals surface area (Å²) in [6.45, 7) is 1.10. The van der Waals surface area contributed by atoms with Gasteiger partial charge in [0.2, 0.25) is 0 Å². The van der Waals surface area contributed by atoms with E-state index < -0.39 is 0 Å². The molecule has 0 heterocycles. The number of methoxy groups -OCH3 is 2. The summed E-state index contributed by atoms with van der Waals surface area (Å²) in [4.78, 5) is 0.666. The lowest BCUT2D eigenvalue weighted by molar-refractivity contribution is 0.284. The highest BCUT2D eigenvalue weighted by atomic mass is 35.5. The minimum absolute atomic E-state index is 0.361. The Kier molecular flexibility index (Phi) is 7.94. The highest BCUT2D eigenvalue weighted by Gasteiger charge is 2.10. The molecule has 0 atom stereocenters. The fraction of sp³-hybridized carbons (Fsp3) is 0.208. The maximum absolute atomic E-state index is 6.20. The number of ether oxygens (including phenoxy) is 3. The molecule has 0 aromatic heterocycles. The summed E-state index contributed by atoms with van der Waals surface area (Å²) in [6.07, 6.45) is 0.861. The number of nitrogens with one attached hydrogen (secondary N) is 1. The first-order valence-electron chi connectivity index (χ1n) is 9.56. The third-order valence-electron chi connectivity index (χ3n) is 4.63. The van der Waals surface area contributed by atoms with Crippen molar-refractivity contribution >= 4 is 28.8 Å². The summed E-state index contributed by atoms with van der Waals surface area (Å²) in [6, 6.07) is 21.3. The summed E-state index contributed by atoms with van der Waals surface area (Å²) in [5, 5.41) is 3.97. The molecule has 3 aromatic rings. The molecule has 0 aliphatic rings. The highest BCUT2D eigenvalue weighted by Crippen LogP contribution is 2.29. The number of benzene rings is 3. The highest BCUT2D eigenvalue weighted by molar-refractivity contribution is 7.80. The lowest BCUT2D eigenvalue weighted by Gasteiger charge is -2.14. The molecule has 156 valence electrons. The van der Waals surface area contributed by atoms with Gasteiger partial charge in [0, 0.05) is 22.7 Å². The Balaban J connectivity index is 1.57. The van der Waals surface area contributed by atoms with Crippen LogP contribution < -0.4 is 19.5 Å². The van der Waals surface area contributed by atoms with Crippen molar-refractivity contribution in [1.29, 1.82) is 0 Å². The van der Waals surface area contributed by atoms with Crippen LogP contribution in [0.25, 0.3) is 0 Å². The van der Waals surface area contributed by atoms with E-state index in [-0.39, 0.29) is 0 Å². The van der Waals surface area contributed by atoms with Crippen molar-refractivity contribution in [3.63, 3.8) is 0 Å². The van der Waals surface area contributed by atoms with Crippen LogP contribution in [0, 0.1) is 0 Å². The van der Waals surface area contributed by atoms with Crippen molar-refractivity contribution in [2.24, 2.45) is 0 Å². The molecule has 0 saturated carbocycles. The summed E-state index contributed by atoms with van der Waals surface area (Å²) in [7, 11) is 3.28. The van der Waals surface area contributed by atoms with Crippen LogP contribution in [0.15, 0.2) is 66.7 Å². The van der Waals surface area contributed by atoms with E-state index in [1.807, 2.05) is 54.6 Å². The molecule has 3 rings (SSSR count). The van der Waals surface area contributed by atoms with E-state index in [4.69, 9.17) is 38.0 Å². The summed E-state index contributed by atoms with van der Waals surface area (Å²) >= 11 is 11.7. The van der Waals surface area contributed by atoms with Gasteiger partial charge in [-0.05, 0) is 48.4 Å². The van der Waals surface area contributed by atoms with Crippen LogP contribution >= 0.6 is 23.8 Å². The van der Waals surface area contributed by atoms with Crippen LogP contribution in [0.2, 0.25) is 5.02 Å². The van der Waals surface area contributed by atoms with Gasteiger partial charge in [0.05, 0.1) is 14.2 Å². The van der Waals surface area contributed by atoms with Gasteiger partial charge in [-0.2, -0.15) is 0 Å². The average Bonchev–Trinajstić information content (AvgIpc) is 2.78. The normalized spacial score (nSPS) is 10.4. The molecular formula is C24H24ClNO3S. The Morgan fingerprint density at radius 1 is 0.933 bits per heavy atom. The molecule has 0 radical (unpaired) electrons. The molecule has 0 aliphatic heterocycles. The molecule has 1 N–H and O–H groups in total. The second-order valence-electron chi connectivity index (χ2n) is 6.60. The lowest BCUT2D eigenvalue weighted by Crippen LogP contribution is -2.24. The van der Waals surface area contributed by atoms with Crippen LogP contribution in [0.1, 0.15) is 16.7 Å². The molecule has 0 bridgehead atoms. The molecule has 0 saturated heterocycles. The molecule has 30 heavy (non-hydrogen) atoms. The zero-order valence-corrected chi connectivity index (χ0v) is 18.6. The molecule has 3 aromatic carbocycles. The zero-order valence-electron chi connectivity index (χ0n) is 17.0. The molecule has 0 amide bonds. The second-order valence-corrected chi connectivity index (χ2v) is 7.42. The van der Waals surface area contributed by atoms with E-state index in [2.05, 4.69) is 17.4 Å². The largest absolute Gasteiger partial charge is 0.497 e. The van der Waals surface area contributed by atoms with E-state index in [0.29, 0.717) is 28.1 Å². The van der Waals surface area contributed by atoms with Crippen LogP contribution in [0.4, 0.5) is 0 Å². The van der Waals surface area contributed by atoms with Crippen LogP contribution in [-0.4, -0.2) is 25.8 Å². The van der Waals surface area contributed by atoms with Crippen LogP contribution in [-0.2, 0) is 13.0 Å². The number of hydrogen-bond donors (Lipinski definition) is 1. The maximum atomic E-state index is 6.20. The van der Waals surface area contributed by atoms with Gasteiger partial charge in [0.15, 0.2) is 11.5 Å². The minimum Gasteiger partial charge on any atom is -0.497 e. The van der Waals surface area contributed by atoms with E-state index in [1.165, 1.54) is 5.56 Å². The summed E-state index contributed by atoms with van der Waals surface area (Å²) < 4.78 is 16.6. The first kappa shape index (κ1) is 21.9. The molecule has 4 nitrogen and oxygen atoms in total. The average molecular weight is 442 g/mol. The van der Waals surface area contributed by atoms with E-state index in [1.54, 1.807) is 14.2 Å². The van der Waals surface area contributed by atoms with E-state index in [0.717, 1.165) is 29.8 Å². The summed E-state index contributed by atoms with van der Waals surface area (Å²) in [5.41, 5.74) is 3.01. The van der Waals surface area contributed by atoms with Gasteiger partial charge in [0.1, 0.15) is 17.3 Å². The molecule has 6 heteroatoms. The lowest BCUT2D eigenvalue weighted by atomic mass is 10.1. The minimum atomic E-state index is 0.361. The third kappa shape index (κ3) is 5.88. The standard InChI is InChI=1S/C24H24ClNO3S/c1-27-20-10-7-17(8-11-20)13-14-26-24(30)18-9-12-22(23(15-18)28-2)29-16-19-5-3-4-6-21(19)25/h3-12,15H,13-14,16H2,1-2H3,(H,26,30). The smallest absolute Gasteiger partial charge is 0.161 e. The number of thiocarbonyl (C=S) groups is 1. The Hall–Kier alpha value is -2.76. The second kappa shape index (κ2) is 10.9. The first-order valence-corrected chi connectivity index (χ1v) is 10.3. The first-order chi connectivity index (χ1) is 14.6. The van der Waals surface area contributed by atoms with Gasteiger partial charge in [0.25, 0.3) is 0 Å². The Morgan fingerprint density at radius 2 is 1.70 bits per heavy atom. The van der Waals surface area contributed by atoms with Crippen molar-refractivity contribution in [2.75, 3.05) is 20.8 Å². The maximum Gasteiger partial charge on any atom is 0.161 e. The summed E-state index contributed by atoms with van der Waals surface area (Å²) in [5.74, 6) is 2.12. The molecule has 0 fully saturated rings.